The summed E-state index contributed by atoms with van der Waals surface area (Å²) in [7, 11) is 1.93. The molecule has 0 spiro atoms. The summed E-state index contributed by atoms with van der Waals surface area (Å²) < 4.78 is 2.00. The van der Waals surface area contributed by atoms with Crippen LogP contribution in [0.1, 0.15) is 30.3 Å². The van der Waals surface area contributed by atoms with Gasteiger partial charge in [0.05, 0.1) is 17.1 Å². The van der Waals surface area contributed by atoms with E-state index in [0.29, 0.717) is 5.56 Å². The van der Waals surface area contributed by atoms with E-state index in [1.165, 1.54) is 6.07 Å². The van der Waals surface area contributed by atoms with Crippen LogP contribution in [0.15, 0.2) is 36.4 Å². The number of nitro groups is 1. The second-order valence-electron chi connectivity index (χ2n) is 5.50. The van der Waals surface area contributed by atoms with Crippen LogP contribution in [0.4, 0.5) is 5.69 Å². The number of nitrogens with zero attached hydrogens (tertiary/aromatic N) is 2. The summed E-state index contributed by atoms with van der Waals surface area (Å²) in [6, 6.07) is 6.75. The summed E-state index contributed by atoms with van der Waals surface area (Å²) >= 11 is 0. The highest BCUT2D eigenvalue weighted by Crippen LogP contribution is 2.38. The summed E-state index contributed by atoms with van der Waals surface area (Å²) in [5.74, 6) is 0. The van der Waals surface area contributed by atoms with Gasteiger partial charge in [0.25, 0.3) is 5.69 Å². The first kappa shape index (κ1) is 17.7. The second kappa shape index (κ2) is 7.75. The molecule has 2 rings (SSSR count). The van der Waals surface area contributed by atoms with Gasteiger partial charge in [-0.1, -0.05) is 31.2 Å². The highest BCUT2D eigenvalue weighted by molar-refractivity contribution is 5.85. The zero-order valence-electron chi connectivity index (χ0n) is 14.2. The molecule has 0 fully saturated rings. The molecule has 1 N–H and O–H groups in total. The molecular weight excluding hydrogens is 304 g/mol. The number of hydrogen-bond acceptors (Lipinski definition) is 3. The number of benzene rings is 1. The fraction of sp³-hybridized carbons (Fsp3) is 0.263. The Balaban J connectivity index is 2.80. The molecule has 0 radical (unpaired) electrons. The van der Waals surface area contributed by atoms with E-state index in [0.717, 1.165) is 28.9 Å². The first-order chi connectivity index (χ1) is 11.5. The van der Waals surface area contributed by atoms with Crippen molar-refractivity contribution in [2.45, 2.75) is 20.3 Å². The standard InChI is InChI=1S/C19H22N2O3/c1-4-5-10-16-14(2)19(18(20(16)3)12-8-13-22)15-9-6-7-11-17(15)21(23)24/h5-12,22H,4,13H2,1-3H3. The third kappa shape index (κ3) is 3.31. The maximum Gasteiger partial charge on any atom is 0.277 e. The summed E-state index contributed by atoms with van der Waals surface area (Å²) in [6.07, 6.45) is 8.45. The lowest BCUT2D eigenvalue weighted by molar-refractivity contribution is -0.384. The molecule has 5 nitrogen and oxygen atoms in total. The molecule has 1 aromatic heterocycles. The van der Waals surface area contributed by atoms with Gasteiger partial charge >= 0.3 is 0 Å². The lowest BCUT2D eigenvalue weighted by Gasteiger charge is -2.06. The van der Waals surface area contributed by atoms with Crippen LogP contribution in [0.2, 0.25) is 0 Å². The number of rotatable bonds is 6. The average molecular weight is 326 g/mol. The van der Waals surface area contributed by atoms with E-state index in [-0.39, 0.29) is 17.2 Å². The molecule has 0 unspecified atom stereocenters. The fourth-order valence-electron chi connectivity index (χ4n) is 2.88. The quantitative estimate of drug-likeness (QED) is 0.634. The van der Waals surface area contributed by atoms with E-state index in [4.69, 9.17) is 5.11 Å². The van der Waals surface area contributed by atoms with Crippen LogP contribution < -0.4 is 0 Å². The predicted molar refractivity (Wildman–Crippen MR) is 97.7 cm³/mol. The van der Waals surface area contributed by atoms with Crippen LogP contribution in [-0.4, -0.2) is 21.2 Å². The topological polar surface area (TPSA) is 68.3 Å². The van der Waals surface area contributed by atoms with Gasteiger partial charge in [-0.2, -0.15) is 0 Å². The molecule has 0 aliphatic heterocycles. The molecule has 0 saturated heterocycles. The Bertz CT molecular complexity index is 801. The van der Waals surface area contributed by atoms with Gasteiger partial charge in [-0.25, -0.2) is 0 Å². The van der Waals surface area contributed by atoms with Crippen molar-refractivity contribution in [2.24, 2.45) is 7.05 Å². The lowest BCUT2D eigenvalue weighted by atomic mass is 9.99. The highest BCUT2D eigenvalue weighted by Gasteiger charge is 2.22. The molecule has 126 valence electrons. The number of aromatic nitrogens is 1. The smallest absolute Gasteiger partial charge is 0.277 e. The van der Waals surface area contributed by atoms with Crippen LogP contribution in [0.25, 0.3) is 23.3 Å². The van der Waals surface area contributed by atoms with E-state index in [9.17, 15) is 10.1 Å². The van der Waals surface area contributed by atoms with Crippen LogP contribution in [-0.2, 0) is 7.05 Å². The van der Waals surface area contributed by atoms with Crippen LogP contribution in [0.5, 0.6) is 0 Å². The average Bonchev–Trinajstić information content (AvgIpc) is 2.81. The van der Waals surface area contributed by atoms with Gasteiger partial charge in [0.1, 0.15) is 0 Å². The SMILES string of the molecule is CCC=Cc1c(C)c(-c2ccccc2[N+](=O)[O-])c(C=CCO)n1C. The van der Waals surface area contributed by atoms with E-state index < -0.39 is 0 Å². The molecule has 0 amide bonds. The van der Waals surface area contributed by atoms with Gasteiger partial charge < -0.3 is 9.67 Å². The molecule has 0 bridgehead atoms. The van der Waals surface area contributed by atoms with Crippen LogP contribution >= 0.6 is 0 Å². The molecule has 0 aliphatic rings. The Morgan fingerprint density at radius 2 is 1.88 bits per heavy atom. The minimum absolute atomic E-state index is 0.0795. The van der Waals surface area contributed by atoms with Crippen molar-refractivity contribution in [1.82, 2.24) is 4.57 Å². The Labute approximate surface area is 141 Å². The van der Waals surface area contributed by atoms with Crippen molar-refractivity contribution < 1.29 is 10.0 Å². The number of aliphatic hydroxyl groups is 1. The molecule has 5 heteroatoms. The highest BCUT2D eigenvalue weighted by atomic mass is 16.6. The van der Waals surface area contributed by atoms with Crippen molar-refractivity contribution in [3.8, 4) is 11.1 Å². The molecule has 24 heavy (non-hydrogen) atoms. The molecular formula is C19H22N2O3. The summed E-state index contributed by atoms with van der Waals surface area (Å²) in [5, 5.41) is 20.5. The zero-order valence-corrected chi connectivity index (χ0v) is 14.2. The van der Waals surface area contributed by atoms with Gasteiger partial charge in [-0.05, 0) is 37.1 Å². The van der Waals surface area contributed by atoms with E-state index in [1.54, 1.807) is 24.3 Å². The van der Waals surface area contributed by atoms with E-state index in [2.05, 4.69) is 13.0 Å². The largest absolute Gasteiger partial charge is 0.392 e. The summed E-state index contributed by atoms with van der Waals surface area (Å²) in [4.78, 5) is 11.1. The number of allylic oxidation sites excluding steroid dienone is 1. The number of nitro benzene ring substituents is 1. The first-order valence-electron chi connectivity index (χ1n) is 7.89. The van der Waals surface area contributed by atoms with Gasteiger partial charge in [0, 0.05) is 30.1 Å². The lowest BCUT2D eigenvalue weighted by Crippen LogP contribution is -1.96. The predicted octanol–water partition coefficient (Wildman–Crippen LogP) is 4.34. The maximum atomic E-state index is 11.4. The molecule has 2 aromatic rings. The van der Waals surface area contributed by atoms with Gasteiger partial charge in [-0.15, -0.1) is 0 Å². The van der Waals surface area contributed by atoms with Crippen LogP contribution in [0, 0.1) is 17.0 Å². The molecule has 0 atom stereocenters. The minimum atomic E-state index is -0.358. The van der Waals surface area contributed by atoms with Gasteiger partial charge in [0.2, 0.25) is 0 Å². The number of para-hydroxylation sites is 1. The Morgan fingerprint density at radius 1 is 1.21 bits per heavy atom. The number of hydrogen-bond donors (Lipinski definition) is 1. The summed E-state index contributed by atoms with van der Waals surface area (Å²) in [5.41, 5.74) is 4.31. The molecule has 0 saturated carbocycles. The van der Waals surface area contributed by atoms with Crippen molar-refractivity contribution >= 4 is 17.8 Å². The fourth-order valence-corrected chi connectivity index (χ4v) is 2.88. The molecule has 1 heterocycles. The maximum absolute atomic E-state index is 11.4. The van der Waals surface area contributed by atoms with Crippen LogP contribution in [0.3, 0.4) is 0 Å². The van der Waals surface area contributed by atoms with E-state index >= 15 is 0 Å². The normalized spacial score (nSPS) is 11.7. The third-order valence-electron chi connectivity index (χ3n) is 4.00. The Kier molecular flexibility index (Phi) is 5.71. The van der Waals surface area contributed by atoms with Crippen molar-refractivity contribution in [2.75, 3.05) is 6.61 Å². The van der Waals surface area contributed by atoms with Crippen molar-refractivity contribution in [1.29, 1.82) is 0 Å². The molecule has 0 aliphatic carbocycles. The van der Waals surface area contributed by atoms with Gasteiger partial charge in [0.15, 0.2) is 0 Å². The second-order valence-corrected chi connectivity index (χ2v) is 5.50. The molecule has 1 aromatic carbocycles. The third-order valence-corrected chi connectivity index (χ3v) is 4.00. The van der Waals surface area contributed by atoms with Gasteiger partial charge in [-0.3, -0.25) is 10.1 Å². The first-order valence-corrected chi connectivity index (χ1v) is 7.89. The van der Waals surface area contributed by atoms with Crippen molar-refractivity contribution in [3.63, 3.8) is 0 Å². The minimum Gasteiger partial charge on any atom is -0.392 e. The van der Waals surface area contributed by atoms with Crippen molar-refractivity contribution in [3.05, 3.63) is 63.5 Å². The summed E-state index contributed by atoms with van der Waals surface area (Å²) in [6.45, 7) is 3.95. The monoisotopic (exact) mass is 326 g/mol. The number of aliphatic hydroxyl groups excluding tert-OH is 1. The van der Waals surface area contributed by atoms with E-state index in [1.807, 2.05) is 30.7 Å². The zero-order chi connectivity index (χ0) is 17.7. The Morgan fingerprint density at radius 3 is 2.50 bits per heavy atom. The Hall–Kier alpha value is -2.66.